The van der Waals surface area contributed by atoms with Gasteiger partial charge >= 0.3 is 12.3 Å². The van der Waals surface area contributed by atoms with Crippen LogP contribution in [0.3, 0.4) is 0 Å². The summed E-state index contributed by atoms with van der Waals surface area (Å²) >= 11 is 0. The van der Waals surface area contributed by atoms with E-state index in [1.807, 2.05) is 0 Å². The Morgan fingerprint density at radius 1 is 0.972 bits per heavy atom. The molecule has 2 aromatic heterocycles. The highest BCUT2D eigenvalue weighted by molar-refractivity contribution is 5.85. The van der Waals surface area contributed by atoms with Crippen LogP contribution < -0.4 is 16.2 Å². The molecule has 0 atom stereocenters. The Hall–Kier alpha value is -4.41. The summed E-state index contributed by atoms with van der Waals surface area (Å²) in [6.45, 7) is 5.22. The van der Waals surface area contributed by atoms with Gasteiger partial charge in [-0.15, -0.1) is 0 Å². The SMILES string of the molecule is CC(C)(C)OC(=O)Nc1cccc(-n2c(=O)ccc3cnc(Nc4cccc(C(F)(F)F)c4)nc32)c1. The average Bonchev–Trinajstić information content (AvgIpc) is 2.77. The summed E-state index contributed by atoms with van der Waals surface area (Å²) in [7, 11) is 0. The van der Waals surface area contributed by atoms with E-state index in [0.717, 1.165) is 12.1 Å². The number of hydrogen-bond donors (Lipinski definition) is 2. The van der Waals surface area contributed by atoms with E-state index in [9.17, 15) is 22.8 Å². The summed E-state index contributed by atoms with van der Waals surface area (Å²) in [5.74, 6) is 0.00390. The van der Waals surface area contributed by atoms with Crippen LogP contribution in [-0.4, -0.2) is 26.2 Å². The van der Waals surface area contributed by atoms with Crippen LogP contribution in [0.1, 0.15) is 26.3 Å². The van der Waals surface area contributed by atoms with Crippen LogP contribution in [0.5, 0.6) is 0 Å². The third-order valence-electron chi connectivity index (χ3n) is 4.83. The van der Waals surface area contributed by atoms with Crippen molar-refractivity contribution in [3.8, 4) is 5.69 Å². The first-order valence-electron chi connectivity index (χ1n) is 10.8. The van der Waals surface area contributed by atoms with Gasteiger partial charge in [0.2, 0.25) is 5.95 Å². The quantitative estimate of drug-likeness (QED) is 0.365. The smallest absolute Gasteiger partial charge is 0.416 e. The number of carbonyl (C=O) groups is 1. The maximum absolute atomic E-state index is 13.1. The summed E-state index contributed by atoms with van der Waals surface area (Å²) in [6.07, 6.45) is -3.70. The van der Waals surface area contributed by atoms with E-state index in [0.29, 0.717) is 16.8 Å². The Balaban J connectivity index is 1.71. The Bertz CT molecular complexity index is 1490. The number of ether oxygens (including phenoxy) is 1. The largest absolute Gasteiger partial charge is 0.444 e. The predicted octanol–water partition coefficient (Wildman–Crippen LogP) is 5.89. The van der Waals surface area contributed by atoms with Gasteiger partial charge in [0.05, 0.1) is 11.3 Å². The molecule has 0 aliphatic heterocycles. The summed E-state index contributed by atoms with van der Waals surface area (Å²) in [6, 6.07) is 14.0. The van der Waals surface area contributed by atoms with Gasteiger partial charge in [-0.1, -0.05) is 12.1 Å². The normalized spacial score (nSPS) is 11.8. The fourth-order valence-electron chi connectivity index (χ4n) is 3.38. The zero-order valence-electron chi connectivity index (χ0n) is 19.6. The van der Waals surface area contributed by atoms with Gasteiger partial charge in [-0.3, -0.25) is 14.7 Å². The fraction of sp³-hybridized carbons (Fsp3) is 0.200. The van der Waals surface area contributed by atoms with Crippen molar-refractivity contribution in [3.63, 3.8) is 0 Å². The molecule has 2 N–H and O–H groups in total. The van der Waals surface area contributed by atoms with Gasteiger partial charge in [-0.05, 0) is 63.2 Å². The molecular weight excluding hydrogens is 475 g/mol. The van der Waals surface area contributed by atoms with Crippen molar-refractivity contribution in [2.45, 2.75) is 32.5 Å². The zero-order chi connectivity index (χ0) is 26.1. The van der Waals surface area contributed by atoms with Crippen LogP contribution in [0.4, 0.5) is 35.3 Å². The minimum absolute atomic E-state index is 0.00390. The lowest BCUT2D eigenvalue weighted by molar-refractivity contribution is -0.137. The van der Waals surface area contributed by atoms with Crippen LogP contribution in [0, 0.1) is 0 Å². The number of halogens is 3. The highest BCUT2D eigenvalue weighted by Crippen LogP contribution is 2.31. The molecule has 0 saturated heterocycles. The van der Waals surface area contributed by atoms with Crippen LogP contribution in [0.2, 0.25) is 0 Å². The number of rotatable bonds is 4. The molecule has 2 aromatic carbocycles. The number of nitrogens with zero attached hydrogens (tertiary/aromatic N) is 3. The van der Waals surface area contributed by atoms with Crippen molar-refractivity contribution >= 4 is 34.4 Å². The van der Waals surface area contributed by atoms with Crippen molar-refractivity contribution < 1.29 is 22.7 Å². The van der Waals surface area contributed by atoms with Gasteiger partial charge in [0.15, 0.2) is 5.65 Å². The molecule has 0 saturated carbocycles. The van der Waals surface area contributed by atoms with Gasteiger partial charge < -0.3 is 10.1 Å². The predicted molar refractivity (Wildman–Crippen MR) is 130 cm³/mol. The summed E-state index contributed by atoms with van der Waals surface area (Å²) in [5, 5.41) is 5.90. The third kappa shape index (κ3) is 5.80. The molecule has 0 fully saturated rings. The molecule has 186 valence electrons. The fourth-order valence-corrected chi connectivity index (χ4v) is 3.38. The van der Waals surface area contributed by atoms with Gasteiger partial charge in [-0.2, -0.15) is 18.2 Å². The number of alkyl halides is 3. The second-order valence-electron chi connectivity index (χ2n) is 8.86. The van der Waals surface area contributed by atoms with Crippen LogP contribution in [0.15, 0.2) is 71.7 Å². The highest BCUT2D eigenvalue weighted by atomic mass is 19.4. The van der Waals surface area contributed by atoms with Gasteiger partial charge in [0.25, 0.3) is 5.56 Å². The van der Waals surface area contributed by atoms with E-state index in [1.54, 1.807) is 51.1 Å². The zero-order valence-corrected chi connectivity index (χ0v) is 19.6. The van der Waals surface area contributed by atoms with Crippen molar-refractivity contribution in [1.29, 1.82) is 0 Å². The second kappa shape index (κ2) is 9.33. The maximum atomic E-state index is 13.1. The molecule has 0 radical (unpaired) electrons. The summed E-state index contributed by atoms with van der Waals surface area (Å²) in [4.78, 5) is 33.5. The number of hydrogen-bond acceptors (Lipinski definition) is 6. The Labute approximate surface area is 203 Å². The number of carbonyl (C=O) groups excluding carboxylic acids is 1. The van der Waals surface area contributed by atoms with Crippen molar-refractivity contribution in [1.82, 2.24) is 14.5 Å². The molecule has 0 aliphatic rings. The summed E-state index contributed by atoms with van der Waals surface area (Å²) < 4.78 is 45.8. The molecule has 4 rings (SSSR count). The Kier molecular flexibility index (Phi) is 6.40. The van der Waals surface area contributed by atoms with E-state index < -0.39 is 29.0 Å². The van der Waals surface area contributed by atoms with Gasteiger partial charge in [0.1, 0.15) is 5.60 Å². The van der Waals surface area contributed by atoms with E-state index in [1.165, 1.54) is 29.0 Å². The number of aromatic nitrogens is 3. The summed E-state index contributed by atoms with van der Waals surface area (Å²) in [5.41, 5.74) is -0.752. The molecule has 1 amide bonds. The first-order chi connectivity index (χ1) is 16.9. The van der Waals surface area contributed by atoms with Crippen molar-refractivity contribution in [3.05, 3.63) is 82.8 Å². The minimum atomic E-state index is -4.50. The number of amides is 1. The molecule has 4 aromatic rings. The minimum Gasteiger partial charge on any atom is -0.444 e. The van der Waals surface area contributed by atoms with Crippen LogP contribution in [-0.2, 0) is 10.9 Å². The molecular formula is C25H22F3N5O3. The van der Waals surface area contributed by atoms with E-state index in [-0.39, 0.29) is 17.3 Å². The standard InChI is InChI=1S/C25H22F3N5O3/c1-24(2,3)36-23(35)31-18-8-5-9-19(13-18)33-20(34)11-10-15-14-29-22(32-21(15)33)30-17-7-4-6-16(12-17)25(26,27)28/h4-14H,1-3H3,(H,31,35)(H,29,30,32). The molecule has 36 heavy (non-hydrogen) atoms. The first-order valence-corrected chi connectivity index (χ1v) is 10.8. The van der Waals surface area contributed by atoms with Crippen LogP contribution >= 0.6 is 0 Å². The lowest BCUT2D eigenvalue weighted by atomic mass is 10.2. The van der Waals surface area contributed by atoms with E-state index >= 15 is 0 Å². The maximum Gasteiger partial charge on any atom is 0.416 e. The third-order valence-corrected chi connectivity index (χ3v) is 4.83. The molecule has 2 heterocycles. The van der Waals surface area contributed by atoms with E-state index in [2.05, 4.69) is 20.6 Å². The molecule has 11 heteroatoms. The molecule has 0 aliphatic carbocycles. The molecule has 0 unspecified atom stereocenters. The first kappa shape index (κ1) is 24.7. The Morgan fingerprint density at radius 3 is 2.42 bits per heavy atom. The van der Waals surface area contributed by atoms with E-state index in [4.69, 9.17) is 4.74 Å². The number of nitrogens with one attached hydrogen (secondary N) is 2. The lowest BCUT2D eigenvalue weighted by Gasteiger charge is -2.20. The molecule has 8 nitrogen and oxygen atoms in total. The van der Waals surface area contributed by atoms with Crippen molar-refractivity contribution in [2.75, 3.05) is 10.6 Å². The monoisotopic (exact) mass is 497 g/mol. The molecule has 0 bridgehead atoms. The highest BCUT2D eigenvalue weighted by Gasteiger charge is 2.30. The van der Waals surface area contributed by atoms with Crippen molar-refractivity contribution in [2.24, 2.45) is 0 Å². The van der Waals surface area contributed by atoms with Crippen LogP contribution in [0.25, 0.3) is 16.7 Å². The number of fused-ring (bicyclic) bond motifs is 1. The number of benzene rings is 2. The second-order valence-corrected chi connectivity index (χ2v) is 8.86. The van der Waals surface area contributed by atoms with Gasteiger partial charge in [-0.25, -0.2) is 9.78 Å². The number of pyridine rings is 1. The average molecular weight is 497 g/mol. The Morgan fingerprint density at radius 2 is 1.69 bits per heavy atom. The molecule has 0 spiro atoms. The lowest BCUT2D eigenvalue weighted by Crippen LogP contribution is -2.27. The topological polar surface area (TPSA) is 98.1 Å². The van der Waals surface area contributed by atoms with Gasteiger partial charge in [0, 0.05) is 29.0 Å². The number of anilines is 3.